The Labute approximate surface area is 93.6 Å². The highest BCUT2D eigenvalue weighted by molar-refractivity contribution is 7.99. The van der Waals surface area contributed by atoms with E-state index in [9.17, 15) is 4.39 Å². The number of rotatable bonds is 2. The van der Waals surface area contributed by atoms with E-state index in [0.29, 0.717) is 12.6 Å². The Kier molecular flexibility index (Phi) is 3.17. The van der Waals surface area contributed by atoms with Gasteiger partial charge in [0.05, 0.1) is 5.69 Å². The summed E-state index contributed by atoms with van der Waals surface area (Å²) >= 11 is 1.72. The van der Waals surface area contributed by atoms with E-state index in [1.54, 1.807) is 17.8 Å². The number of thioether (sulfide) groups is 1. The van der Waals surface area contributed by atoms with Gasteiger partial charge in [0.2, 0.25) is 0 Å². The number of benzene rings is 1. The van der Waals surface area contributed by atoms with Gasteiger partial charge in [0.1, 0.15) is 5.82 Å². The molecule has 4 heteroatoms. The Hall–Kier alpha value is -0.740. The van der Waals surface area contributed by atoms with Crippen molar-refractivity contribution in [2.75, 3.05) is 24.2 Å². The maximum absolute atomic E-state index is 13.6. The summed E-state index contributed by atoms with van der Waals surface area (Å²) in [7, 11) is 1.95. The second-order valence-corrected chi connectivity index (χ2v) is 4.80. The molecule has 1 heterocycles. The summed E-state index contributed by atoms with van der Waals surface area (Å²) in [5.74, 6) is 0.855. The van der Waals surface area contributed by atoms with Gasteiger partial charge in [-0.3, -0.25) is 0 Å². The standard InChI is InChI=1S/C11H15FN2S/c1-14-8(5-6-13)7-15-10-4-2-3-9(12)11(10)14/h2-4,8H,5-7,13H2,1H3. The van der Waals surface area contributed by atoms with Crippen molar-refractivity contribution in [2.24, 2.45) is 5.73 Å². The van der Waals surface area contributed by atoms with E-state index in [1.807, 2.05) is 18.0 Å². The molecule has 82 valence electrons. The lowest BCUT2D eigenvalue weighted by atomic mass is 10.1. The average Bonchev–Trinajstić information content (AvgIpc) is 2.22. The number of hydrogen-bond acceptors (Lipinski definition) is 3. The van der Waals surface area contributed by atoms with Crippen molar-refractivity contribution in [3.05, 3.63) is 24.0 Å². The summed E-state index contributed by atoms with van der Waals surface area (Å²) in [5.41, 5.74) is 6.28. The number of anilines is 1. The van der Waals surface area contributed by atoms with Gasteiger partial charge in [0.25, 0.3) is 0 Å². The summed E-state index contributed by atoms with van der Waals surface area (Å²) < 4.78 is 13.6. The Morgan fingerprint density at radius 1 is 1.60 bits per heavy atom. The van der Waals surface area contributed by atoms with Crippen LogP contribution in [-0.4, -0.2) is 25.4 Å². The molecule has 0 aromatic heterocycles. The highest BCUT2D eigenvalue weighted by Gasteiger charge is 2.25. The molecule has 0 amide bonds. The zero-order valence-electron chi connectivity index (χ0n) is 8.74. The highest BCUT2D eigenvalue weighted by atomic mass is 32.2. The summed E-state index contributed by atoms with van der Waals surface area (Å²) in [6.45, 7) is 0.652. The lowest BCUT2D eigenvalue weighted by molar-refractivity contribution is 0.584. The molecule has 1 aromatic carbocycles. The SMILES string of the molecule is CN1c2c(F)cccc2SCC1CCN. The van der Waals surface area contributed by atoms with E-state index in [0.717, 1.165) is 22.8 Å². The first-order valence-electron chi connectivity index (χ1n) is 5.08. The molecule has 0 spiro atoms. The van der Waals surface area contributed by atoms with Crippen LogP contribution in [0.4, 0.5) is 10.1 Å². The molecule has 15 heavy (non-hydrogen) atoms. The van der Waals surface area contributed by atoms with Gasteiger partial charge in [-0.25, -0.2) is 4.39 Å². The van der Waals surface area contributed by atoms with Crippen molar-refractivity contribution in [1.82, 2.24) is 0 Å². The van der Waals surface area contributed by atoms with Crippen LogP contribution in [0.25, 0.3) is 0 Å². The van der Waals surface area contributed by atoms with Crippen molar-refractivity contribution in [2.45, 2.75) is 17.4 Å². The minimum atomic E-state index is -0.135. The van der Waals surface area contributed by atoms with E-state index in [2.05, 4.69) is 0 Å². The van der Waals surface area contributed by atoms with Crippen LogP contribution in [0.1, 0.15) is 6.42 Å². The Morgan fingerprint density at radius 2 is 2.40 bits per heavy atom. The smallest absolute Gasteiger partial charge is 0.147 e. The first-order chi connectivity index (χ1) is 7.24. The van der Waals surface area contributed by atoms with Crippen LogP contribution in [0.2, 0.25) is 0 Å². The number of nitrogens with zero attached hydrogens (tertiary/aromatic N) is 1. The van der Waals surface area contributed by atoms with Crippen molar-refractivity contribution >= 4 is 17.4 Å². The molecule has 2 nitrogen and oxygen atoms in total. The lowest BCUT2D eigenvalue weighted by Crippen LogP contribution is -2.38. The van der Waals surface area contributed by atoms with Crippen molar-refractivity contribution < 1.29 is 4.39 Å². The molecule has 1 aromatic rings. The van der Waals surface area contributed by atoms with Crippen LogP contribution in [-0.2, 0) is 0 Å². The van der Waals surface area contributed by atoms with Gasteiger partial charge in [-0.2, -0.15) is 0 Å². The maximum Gasteiger partial charge on any atom is 0.147 e. The first kappa shape index (κ1) is 10.8. The van der Waals surface area contributed by atoms with E-state index in [1.165, 1.54) is 6.07 Å². The Bertz CT molecular complexity index is 356. The number of halogens is 1. The van der Waals surface area contributed by atoms with Crippen LogP contribution in [0.5, 0.6) is 0 Å². The predicted molar refractivity (Wildman–Crippen MR) is 63.0 cm³/mol. The molecule has 0 saturated heterocycles. The van der Waals surface area contributed by atoms with Crippen LogP contribution in [0.15, 0.2) is 23.1 Å². The third-order valence-corrected chi connectivity index (χ3v) is 3.97. The third kappa shape index (κ3) is 1.96. The van der Waals surface area contributed by atoms with Gasteiger partial charge in [0, 0.05) is 23.7 Å². The Balaban J connectivity index is 2.32. The van der Waals surface area contributed by atoms with Gasteiger partial charge < -0.3 is 10.6 Å². The number of hydrogen-bond donors (Lipinski definition) is 1. The molecule has 0 saturated carbocycles. The van der Waals surface area contributed by atoms with Crippen LogP contribution >= 0.6 is 11.8 Å². The molecule has 2 rings (SSSR count). The minimum absolute atomic E-state index is 0.135. The molecule has 1 aliphatic rings. The van der Waals surface area contributed by atoms with Crippen molar-refractivity contribution in [3.63, 3.8) is 0 Å². The number of nitrogens with two attached hydrogens (primary N) is 1. The molecule has 2 N–H and O–H groups in total. The first-order valence-corrected chi connectivity index (χ1v) is 6.07. The zero-order chi connectivity index (χ0) is 10.8. The summed E-state index contributed by atoms with van der Waals surface area (Å²) in [5, 5.41) is 0. The van der Waals surface area contributed by atoms with Gasteiger partial charge in [-0.15, -0.1) is 11.8 Å². The fourth-order valence-electron chi connectivity index (χ4n) is 1.90. The quantitative estimate of drug-likeness (QED) is 0.837. The predicted octanol–water partition coefficient (Wildman–Crippen LogP) is 2.08. The largest absolute Gasteiger partial charge is 0.367 e. The molecule has 0 aliphatic carbocycles. The molecule has 0 bridgehead atoms. The fraction of sp³-hybridized carbons (Fsp3) is 0.455. The Morgan fingerprint density at radius 3 is 3.13 bits per heavy atom. The van der Waals surface area contributed by atoms with Gasteiger partial charge in [-0.1, -0.05) is 6.07 Å². The molecule has 1 unspecified atom stereocenters. The molecular weight excluding hydrogens is 211 g/mol. The van der Waals surface area contributed by atoms with Crippen LogP contribution in [0.3, 0.4) is 0 Å². The van der Waals surface area contributed by atoms with E-state index >= 15 is 0 Å². The monoisotopic (exact) mass is 226 g/mol. The van der Waals surface area contributed by atoms with Gasteiger partial charge >= 0.3 is 0 Å². The number of fused-ring (bicyclic) bond motifs is 1. The highest BCUT2D eigenvalue weighted by Crippen LogP contribution is 2.38. The van der Waals surface area contributed by atoms with Crippen molar-refractivity contribution in [1.29, 1.82) is 0 Å². The topological polar surface area (TPSA) is 29.3 Å². The molecule has 0 fully saturated rings. The molecule has 0 radical (unpaired) electrons. The summed E-state index contributed by atoms with van der Waals surface area (Å²) in [4.78, 5) is 3.05. The van der Waals surface area contributed by atoms with E-state index in [-0.39, 0.29) is 5.82 Å². The van der Waals surface area contributed by atoms with Crippen LogP contribution < -0.4 is 10.6 Å². The summed E-state index contributed by atoms with van der Waals surface area (Å²) in [6, 6.07) is 5.60. The van der Waals surface area contributed by atoms with Gasteiger partial charge in [0.15, 0.2) is 0 Å². The third-order valence-electron chi connectivity index (χ3n) is 2.78. The molecule has 1 aliphatic heterocycles. The fourth-order valence-corrected chi connectivity index (χ4v) is 3.22. The lowest BCUT2D eigenvalue weighted by Gasteiger charge is -2.35. The maximum atomic E-state index is 13.6. The van der Waals surface area contributed by atoms with E-state index in [4.69, 9.17) is 5.73 Å². The van der Waals surface area contributed by atoms with Gasteiger partial charge in [-0.05, 0) is 25.1 Å². The minimum Gasteiger partial charge on any atom is -0.367 e. The average molecular weight is 226 g/mol. The summed E-state index contributed by atoms with van der Waals surface area (Å²) in [6.07, 6.45) is 0.914. The van der Waals surface area contributed by atoms with E-state index < -0.39 is 0 Å². The molecule has 1 atom stereocenters. The normalized spacial score (nSPS) is 20.2. The number of para-hydroxylation sites is 1. The molecular formula is C11H15FN2S. The van der Waals surface area contributed by atoms with Crippen molar-refractivity contribution in [3.8, 4) is 0 Å². The van der Waals surface area contributed by atoms with Crippen LogP contribution in [0, 0.1) is 5.82 Å². The zero-order valence-corrected chi connectivity index (χ0v) is 9.56. The second-order valence-electron chi connectivity index (χ2n) is 3.74. The second kappa shape index (κ2) is 4.41.